The fraction of sp³-hybridized carbons (Fsp3) is 0.667. The van der Waals surface area contributed by atoms with E-state index in [-0.39, 0.29) is 0 Å². The number of halogens is 1. The summed E-state index contributed by atoms with van der Waals surface area (Å²) in [6.07, 6.45) is 24.9. The minimum absolute atomic E-state index is 0.703. The molecule has 1 nitrogen and oxygen atoms in total. The van der Waals surface area contributed by atoms with E-state index >= 15 is 0 Å². The van der Waals surface area contributed by atoms with Crippen molar-refractivity contribution >= 4 is 11.6 Å². The number of hydrogen-bond donors (Lipinski definition) is 0. The molecule has 23 heavy (non-hydrogen) atoms. The van der Waals surface area contributed by atoms with Gasteiger partial charge < -0.3 is 4.74 Å². The van der Waals surface area contributed by atoms with Gasteiger partial charge in [0.05, 0.1) is 13.2 Å². The Morgan fingerprint density at radius 2 is 1.61 bits per heavy atom. The van der Waals surface area contributed by atoms with Gasteiger partial charge >= 0.3 is 0 Å². The number of hydrogen-bond acceptors (Lipinski definition) is 1. The Balaban J connectivity index is 3.29. The topological polar surface area (TPSA) is 9.23 Å². The first-order valence-electron chi connectivity index (χ1n) is 9.25. The maximum Gasteiger partial charge on any atom is 0.0647 e. The summed E-state index contributed by atoms with van der Waals surface area (Å²) in [4.78, 5) is 0. The molecule has 0 spiro atoms. The van der Waals surface area contributed by atoms with Crippen LogP contribution in [-0.2, 0) is 4.74 Å². The number of ether oxygens (including phenoxy) is 1. The zero-order chi connectivity index (χ0) is 16.8. The van der Waals surface area contributed by atoms with Crippen LogP contribution in [0.2, 0.25) is 0 Å². The van der Waals surface area contributed by atoms with E-state index in [1.54, 1.807) is 0 Å². The van der Waals surface area contributed by atoms with E-state index in [0.717, 1.165) is 38.2 Å². The molecule has 0 N–H and O–H groups in total. The highest BCUT2D eigenvalue weighted by molar-refractivity contribution is 6.17. The van der Waals surface area contributed by atoms with Crippen molar-refractivity contribution in [1.29, 1.82) is 0 Å². The molecule has 0 aliphatic carbocycles. The predicted molar refractivity (Wildman–Crippen MR) is 104 cm³/mol. The minimum Gasteiger partial charge on any atom is -0.377 e. The van der Waals surface area contributed by atoms with Gasteiger partial charge in [0, 0.05) is 5.88 Å². The lowest BCUT2D eigenvalue weighted by molar-refractivity contribution is 0.167. The Labute approximate surface area is 149 Å². The molecule has 0 heterocycles. The standard InChI is InChI=1S/C21H35ClO/c1-2-3-4-5-6-7-8-9-11-14-17-20-23-21-18-15-12-10-13-16-19-22/h8-10,14-15,17H,2-7,11,13,16,18-21H2,1H3. The molecule has 0 aromatic heterocycles. The van der Waals surface area contributed by atoms with Crippen molar-refractivity contribution in [2.24, 2.45) is 0 Å². The van der Waals surface area contributed by atoms with Crippen molar-refractivity contribution in [3.05, 3.63) is 42.2 Å². The number of unbranched alkanes of at least 4 members (excludes halogenated alkanes) is 6. The Bertz CT molecular complexity index is 338. The third-order valence-electron chi connectivity index (χ3n) is 3.42. The van der Waals surface area contributed by atoms with E-state index in [2.05, 4.69) is 37.0 Å². The van der Waals surface area contributed by atoms with Crippen LogP contribution in [0.1, 0.15) is 71.1 Å². The van der Waals surface area contributed by atoms with Gasteiger partial charge in [-0.05, 0) is 50.7 Å². The maximum absolute atomic E-state index is 5.59. The van der Waals surface area contributed by atoms with Crippen LogP contribution in [0.5, 0.6) is 0 Å². The molecule has 0 rings (SSSR count). The molecule has 0 fully saturated rings. The molecule has 0 aliphatic rings. The molecular formula is C21H35ClO. The summed E-state index contributed by atoms with van der Waals surface area (Å²) in [5, 5.41) is 0. The minimum atomic E-state index is 0.703. The molecule has 0 aromatic carbocycles. The maximum atomic E-state index is 5.59. The van der Waals surface area contributed by atoms with E-state index in [1.165, 1.54) is 38.5 Å². The molecular weight excluding hydrogens is 304 g/mol. The number of rotatable bonds is 16. The Hall–Kier alpha value is -0.750. The number of allylic oxidation sites excluding steroid dienone is 3. The van der Waals surface area contributed by atoms with Gasteiger partial charge in [-0.2, -0.15) is 0 Å². The first kappa shape index (κ1) is 22.2. The van der Waals surface area contributed by atoms with Crippen LogP contribution >= 0.6 is 11.6 Å². The van der Waals surface area contributed by atoms with E-state index in [4.69, 9.17) is 16.3 Å². The van der Waals surface area contributed by atoms with Crippen molar-refractivity contribution in [1.82, 2.24) is 0 Å². The molecule has 0 aromatic rings. The Kier molecular flexibility index (Phi) is 20.6. The lowest BCUT2D eigenvalue weighted by Crippen LogP contribution is -1.91. The van der Waals surface area contributed by atoms with Crippen LogP contribution in [0.3, 0.4) is 0 Å². The zero-order valence-corrected chi connectivity index (χ0v) is 15.7. The Morgan fingerprint density at radius 1 is 0.826 bits per heavy atom. The summed E-state index contributed by atoms with van der Waals surface area (Å²) in [6, 6.07) is 0. The molecule has 0 atom stereocenters. The summed E-state index contributed by atoms with van der Waals surface area (Å²) in [5.74, 6) is 0.724. The molecule has 0 saturated heterocycles. The molecule has 132 valence electrons. The SMILES string of the molecule is CCCCCCCC=CCC=CCOCCC=C=CCCCCl. The second-order valence-corrected chi connectivity index (χ2v) is 6.03. The first-order chi connectivity index (χ1) is 11.4. The highest BCUT2D eigenvalue weighted by Crippen LogP contribution is 2.05. The van der Waals surface area contributed by atoms with Gasteiger partial charge in [0.2, 0.25) is 0 Å². The van der Waals surface area contributed by atoms with Crippen LogP contribution in [-0.4, -0.2) is 19.1 Å². The van der Waals surface area contributed by atoms with E-state index in [9.17, 15) is 0 Å². The van der Waals surface area contributed by atoms with E-state index < -0.39 is 0 Å². The molecule has 2 heteroatoms. The molecule has 0 saturated carbocycles. The van der Waals surface area contributed by atoms with Gasteiger partial charge in [0.15, 0.2) is 0 Å². The lowest BCUT2D eigenvalue weighted by Gasteiger charge is -1.96. The second kappa shape index (κ2) is 21.2. The quantitative estimate of drug-likeness (QED) is 0.127. The highest BCUT2D eigenvalue weighted by Gasteiger charge is 1.86. The van der Waals surface area contributed by atoms with Crippen LogP contribution in [0.25, 0.3) is 0 Å². The van der Waals surface area contributed by atoms with Crippen molar-refractivity contribution < 1.29 is 4.74 Å². The first-order valence-corrected chi connectivity index (χ1v) is 9.78. The average Bonchev–Trinajstić information content (AvgIpc) is 2.57. The molecule has 0 aliphatic heterocycles. The average molecular weight is 339 g/mol. The monoisotopic (exact) mass is 338 g/mol. The zero-order valence-electron chi connectivity index (χ0n) is 14.9. The summed E-state index contributed by atoms with van der Waals surface area (Å²) in [6.45, 7) is 3.72. The highest BCUT2D eigenvalue weighted by atomic mass is 35.5. The van der Waals surface area contributed by atoms with Gasteiger partial charge in [0.1, 0.15) is 0 Å². The summed E-state index contributed by atoms with van der Waals surface area (Å²) >= 11 is 5.59. The summed E-state index contributed by atoms with van der Waals surface area (Å²) < 4.78 is 5.53. The smallest absolute Gasteiger partial charge is 0.0647 e. The van der Waals surface area contributed by atoms with Crippen LogP contribution in [0, 0.1) is 0 Å². The predicted octanol–water partition coefficient (Wildman–Crippen LogP) is 6.99. The largest absolute Gasteiger partial charge is 0.377 e. The summed E-state index contributed by atoms with van der Waals surface area (Å²) in [5.41, 5.74) is 3.15. The van der Waals surface area contributed by atoms with Crippen LogP contribution in [0.15, 0.2) is 42.2 Å². The van der Waals surface area contributed by atoms with E-state index in [1.807, 2.05) is 12.2 Å². The van der Waals surface area contributed by atoms with Gasteiger partial charge in [-0.15, -0.1) is 17.3 Å². The van der Waals surface area contributed by atoms with Crippen LogP contribution < -0.4 is 0 Å². The van der Waals surface area contributed by atoms with Crippen molar-refractivity contribution in [2.75, 3.05) is 19.1 Å². The van der Waals surface area contributed by atoms with Gasteiger partial charge in [-0.25, -0.2) is 0 Å². The van der Waals surface area contributed by atoms with Crippen molar-refractivity contribution in [3.63, 3.8) is 0 Å². The summed E-state index contributed by atoms with van der Waals surface area (Å²) in [7, 11) is 0. The molecule has 0 unspecified atom stereocenters. The second-order valence-electron chi connectivity index (χ2n) is 5.65. The Morgan fingerprint density at radius 3 is 2.43 bits per heavy atom. The third kappa shape index (κ3) is 21.2. The van der Waals surface area contributed by atoms with Gasteiger partial charge in [-0.1, -0.05) is 56.9 Å². The van der Waals surface area contributed by atoms with Crippen molar-refractivity contribution in [3.8, 4) is 0 Å². The number of alkyl halides is 1. The van der Waals surface area contributed by atoms with E-state index in [0.29, 0.717) is 6.61 Å². The van der Waals surface area contributed by atoms with Crippen molar-refractivity contribution in [2.45, 2.75) is 71.1 Å². The van der Waals surface area contributed by atoms with Gasteiger partial charge in [-0.3, -0.25) is 0 Å². The molecule has 0 radical (unpaired) electrons. The third-order valence-corrected chi connectivity index (χ3v) is 3.69. The normalized spacial score (nSPS) is 11.2. The van der Waals surface area contributed by atoms with Crippen LogP contribution in [0.4, 0.5) is 0 Å². The molecule has 0 bridgehead atoms. The fourth-order valence-electron chi connectivity index (χ4n) is 2.05. The lowest BCUT2D eigenvalue weighted by atomic mass is 10.1. The molecule has 0 amide bonds. The fourth-order valence-corrected chi connectivity index (χ4v) is 2.20. The van der Waals surface area contributed by atoms with Gasteiger partial charge in [0.25, 0.3) is 0 Å².